The molecule has 0 fully saturated rings. The van der Waals surface area contributed by atoms with Gasteiger partial charge in [0, 0.05) is 30.3 Å². The number of rotatable bonds is 6. The summed E-state index contributed by atoms with van der Waals surface area (Å²) < 4.78 is 72.0. The van der Waals surface area contributed by atoms with Gasteiger partial charge in [0.1, 0.15) is 17.2 Å². The van der Waals surface area contributed by atoms with Gasteiger partial charge < -0.3 is 15.8 Å². The molecule has 0 aliphatic carbocycles. The molecule has 2 aromatic heterocycles. The summed E-state index contributed by atoms with van der Waals surface area (Å²) in [7, 11) is 0. The Balaban J connectivity index is 1.75. The van der Waals surface area contributed by atoms with Crippen LogP contribution in [0.15, 0.2) is 30.3 Å². The van der Waals surface area contributed by atoms with Crippen LogP contribution in [0.3, 0.4) is 0 Å². The molecule has 0 aliphatic rings. The number of hydrogen-bond donors (Lipinski definition) is 2. The van der Waals surface area contributed by atoms with Gasteiger partial charge in [-0.05, 0) is 12.1 Å². The van der Waals surface area contributed by atoms with E-state index in [9.17, 15) is 22.0 Å². The van der Waals surface area contributed by atoms with Crippen LogP contribution in [0.2, 0.25) is 0 Å². The first-order valence-corrected chi connectivity index (χ1v) is 9.14. The van der Waals surface area contributed by atoms with Gasteiger partial charge in [-0.3, -0.25) is 4.57 Å². The number of ether oxygens (including phenoxy) is 1. The number of nitrogens with one attached hydrogen (secondary N) is 1. The zero-order valence-corrected chi connectivity index (χ0v) is 16.3. The molecule has 3 N–H and O–H groups in total. The number of halogens is 5. The number of fused-ring (bicyclic) bond motifs is 1. The van der Waals surface area contributed by atoms with Crippen molar-refractivity contribution in [3.8, 4) is 11.7 Å². The van der Waals surface area contributed by atoms with Crippen molar-refractivity contribution >= 4 is 28.6 Å². The maximum atomic E-state index is 14.2. The van der Waals surface area contributed by atoms with E-state index in [1.54, 1.807) is 6.92 Å². The molecule has 13 heteroatoms. The van der Waals surface area contributed by atoms with Crippen LogP contribution in [0.4, 0.5) is 39.5 Å². The number of imidazole rings is 1. The summed E-state index contributed by atoms with van der Waals surface area (Å²) in [5.41, 5.74) is 5.87. The summed E-state index contributed by atoms with van der Waals surface area (Å²) in [5.74, 6) is -3.47. The maximum Gasteiger partial charge on any atom is 0.387 e. The molecule has 0 saturated carbocycles. The minimum Gasteiger partial charge on any atom is -0.432 e. The van der Waals surface area contributed by atoms with Crippen molar-refractivity contribution in [2.75, 3.05) is 11.1 Å². The number of nitrogens with two attached hydrogens (primary N) is 1. The van der Waals surface area contributed by atoms with Crippen LogP contribution in [0.25, 0.3) is 17.0 Å². The topological polar surface area (TPSA) is 104 Å². The molecule has 4 aromatic rings. The smallest absolute Gasteiger partial charge is 0.387 e. The van der Waals surface area contributed by atoms with Crippen molar-refractivity contribution in [3.05, 3.63) is 53.6 Å². The number of nitrogens with zero attached hydrogens (tertiary/aromatic N) is 5. The maximum absolute atomic E-state index is 14.2. The normalized spacial score (nSPS) is 11.3. The Bertz CT molecular complexity index is 1310. The molecule has 0 spiro atoms. The van der Waals surface area contributed by atoms with Crippen molar-refractivity contribution in [1.29, 1.82) is 0 Å². The van der Waals surface area contributed by atoms with Crippen molar-refractivity contribution < 1.29 is 26.7 Å². The molecule has 8 nitrogen and oxygen atoms in total. The minimum atomic E-state index is -3.18. The van der Waals surface area contributed by atoms with Gasteiger partial charge in [0.05, 0.1) is 5.52 Å². The third-order valence-electron chi connectivity index (χ3n) is 4.31. The number of benzene rings is 2. The molecule has 0 amide bonds. The summed E-state index contributed by atoms with van der Waals surface area (Å²) in [5, 5.41) is 2.67. The number of aryl methyl sites for hydroxylation is 1. The second-order valence-corrected chi connectivity index (χ2v) is 6.44. The van der Waals surface area contributed by atoms with Gasteiger partial charge >= 0.3 is 6.61 Å². The SMILES string of the molecule is CCc1nc2c(F)cc(F)cc2n1-c1nc(N)nc(Nc2ccc(OC(F)F)c(F)c2)n1. The van der Waals surface area contributed by atoms with E-state index in [4.69, 9.17) is 5.73 Å². The molecule has 0 bridgehead atoms. The van der Waals surface area contributed by atoms with Crippen LogP contribution < -0.4 is 15.8 Å². The van der Waals surface area contributed by atoms with Crippen molar-refractivity contribution in [3.63, 3.8) is 0 Å². The van der Waals surface area contributed by atoms with Crippen molar-refractivity contribution in [2.24, 2.45) is 0 Å². The van der Waals surface area contributed by atoms with E-state index in [-0.39, 0.29) is 34.6 Å². The van der Waals surface area contributed by atoms with Crippen LogP contribution in [-0.4, -0.2) is 31.1 Å². The number of aromatic nitrogens is 5. The molecule has 0 saturated heterocycles. The lowest BCUT2D eigenvalue weighted by Crippen LogP contribution is -2.11. The van der Waals surface area contributed by atoms with Crippen molar-refractivity contribution in [1.82, 2.24) is 24.5 Å². The van der Waals surface area contributed by atoms with E-state index in [1.165, 1.54) is 10.6 Å². The summed E-state index contributed by atoms with van der Waals surface area (Å²) in [6, 6.07) is 4.94. The minimum absolute atomic E-state index is 0.0755. The Kier molecular flexibility index (Phi) is 5.47. The van der Waals surface area contributed by atoms with E-state index < -0.39 is 29.8 Å². The highest BCUT2D eigenvalue weighted by atomic mass is 19.3. The molecule has 166 valence electrons. The zero-order valence-electron chi connectivity index (χ0n) is 16.3. The summed E-state index contributed by atoms with van der Waals surface area (Å²) in [6.07, 6.45) is 0.334. The Morgan fingerprint density at radius 1 is 1.03 bits per heavy atom. The molecule has 4 rings (SSSR count). The molecule has 0 atom stereocenters. The van der Waals surface area contributed by atoms with Gasteiger partial charge in [-0.2, -0.15) is 23.7 Å². The molecule has 0 aliphatic heterocycles. The second kappa shape index (κ2) is 8.24. The number of hydrogen-bond acceptors (Lipinski definition) is 7. The first-order chi connectivity index (χ1) is 15.2. The Hall–Kier alpha value is -4.03. The van der Waals surface area contributed by atoms with Crippen LogP contribution in [-0.2, 0) is 6.42 Å². The number of nitrogen functional groups attached to an aromatic ring is 1. The van der Waals surface area contributed by atoms with E-state index >= 15 is 0 Å². The quantitative estimate of drug-likeness (QED) is 0.425. The third kappa shape index (κ3) is 4.08. The van der Waals surface area contributed by atoms with E-state index in [2.05, 4.69) is 30.0 Å². The number of alkyl halides is 2. The molecular weight excluding hydrogens is 437 g/mol. The Labute approximate surface area is 176 Å². The van der Waals surface area contributed by atoms with Crippen LogP contribution >= 0.6 is 0 Å². The average molecular weight is 451 g/mol. The summed E-state index contributed by atoms with van der Waals surface area (Å²) in [4.78, 5) is 16.3. The molecular formula is C19H14F5N7O. The van der Waals surface area contributed by atoms with E-state index in [0.717, 1.165) is 18.2 Å². The lowest BCUT2D eigenvalue weighted by atomic mass is 10.3. The average Bonchev–Trinajstić information content (AvgIpc) is 3.08. The standard InChI is InChI=1S/C19H14F5N7O/c1-2-14-27-15-11(22)5-8(20)6-12(15)31(14)19-29-17(25)28-18(30-19)26-9-3-4-13(10(21)7-9)32-16(23)24/h3-7,16H,2H2,1H3,(H3,25,26,28,29,30). The second-order valence-electron chi connectivity index (χ2n) is 6.44. The highest BCUT2D eigenvalue weighted by Gasteiger charge is 2.19. The monoisotopic (exact) mass is 451 g/mol. The predicted octanol–water partition coefficient (Wildman–Crippen LogP) is 4.12. The highest BCUT2D eigenvalue weighted by molar-refractivity contribution is 5.78. The largest absolute Gasteiger partial charge is 0.432 e. The fourth-order valence-electron chi connectivity index (χ4n) is 3.05. The highest BCUT2D eigenvalue weighted by Crippen LogP contribution is 2.26. The third-order valence-corrected chi connectivity index (χ3v) is 4.31. The van der Waals surface area contributed by atoms with Crippen molar-refractivity contribution in [2.45, 2.75) is 20.0 Å². The molecule has 0 unspecified atom stereocenters. The fourth-order valence-corrected chi connectivity index (χ4v) is 3.05. The van der Waals surface area contributed by atoms with Gasteiger partial charge in [0.25, 0.3) is 0 Å². The van der Waals surface area contributed by atoms with Gasteiger partial charge in [0.15, 0.2) is 17.4 Å². The fraction of sp³-hybridized carbons (Fsp3) is 0.158. The molecule has 0 radical (unpaired) electrons. The Morgan fingerprint density at radius 3 is 2.50 bits per heavy atom. The summed E-state index contributed by atoms with van der Waals surface area (Å²) >= 11 is 0. The van der Waals surface area contributed by atoms with Crippen LogP contribution in [0.1, 0.15) is 12.7 Å². The first kappa shape index (κ1) is 21.2. The van der Waals surface area contributed by atoms with E-state index in [1.807, 2.05) is 0 Å². The molecule has 32 heavy (non-hydrogen) atoms. The van der Waals surface area contributed by atoms with Crippen LogP contribution in [0.5, 0.6) is 5.75 Å². The predicted molar refractivity (Wildman–Crippen MR) is 104 cm³/mol. The van der Waals surface area contributed by atoms with Gasteiger partial charge in [-0.15, -0.1) is 0 Å². The van der Waals surface area contributed by atoms with Gasteiger partial charge in [-0.1, -0.05) is 6.92 Å². The first-order valence-electron chi connectivity index (χ1n) is 9.14. The van der Waals surface area contributed by atoms with Crippen LogP contribution in [0, 0.1) is 17.5 Å². The molecule has 2 heterocycles. The van der Waals surface area contributed by atoms with Gasteiger partial charge in [-0.25, -0.2) is 18.2 Å². The Morgan fingerprint density at radius 2 is 1.81 bits per heavy atom. The lowest BCUT2D eigenvalue weighted by molar-refractivity contribution is -0.0521. The lowest BCUT2D eigenvalue weighted by Gasteiger charge is -2.11. The zero-order chi connectivity index (χ0) is 23.0. The molecule has 2 aromatic carbocycles. The van der Waals surface area contributed by atoms with Gasteiger partial charge in [0.2, 0.25) is 17.8 Å². The number of anilines is 3. The van der Waals surface area contributed by atoms with E-state index in [0.29, 0.717) is 18.3 Å². The summed E-state index contributed by atoms with van der Waals surface area (Å²) in [6.45, 7) is -1.43.